The minimum absolute atomic E-state index is 0.171. The number of ether oxygens (including phenoxy) is 1. The lowest BCUT2D eigenvalue weighted by Crippen LogP contribution is -2.31. The molecule has 0 aliphatic heterocycles. The maximum absolute atomic E-state index is 5.53. The van der Waals surface area contributed by atoms with Gasteiger partial charge in [0, 0.05) is 4.47 Å². The fourth-order valence-corrected chi connectivity index (χ4v) is 1.41. The van der Waals surface area contributed by atoms with Crippen LogP contribution in [0.5, 0.6) is 5.75 Å². The molecule has 3 nitrogen and oxygen atoms in total. The first-order chi connectivity index (χ1) is 7.47. The highest BCUT2D eigenvalue weighted by Crippen LogP contribution is 2.17. The molecule has 16 heavy (non-hydrogen) atoms. The first kappa shape index (κ1) is 13.5. The van der Waals surface area contributed by atoms with Gasteiger partial charge in [-0.15, -0.1) is 0 Å². The summed E-state index contributed by atoms with van der Waals surface area (Å²) in [5.41, 5.74) is 2.70. The largest absolute Gasteiger partial charge is 0.492 e. The number of halogens is 1. The van der Waals surface area contributed by atoms with Crippen LogP contribution in [0.15, 0.2) is 28.7 Å². The van der Waals surface area contributed by atoms with Crippen molar-refractivity contribution in [3.8, 4) is 5.75 Å². The third-order valence-electron chi connectivity index (χ3n) is 1.65. The molecule has 90 valence electrons. The predicted octanol–water partition coefficient (Wildman–Crippen LogP) is 3.15. The number of benzene rings is 1. The number of hydrogen-bond donors (Lipinski definition) is 1. The zero-order valence-electron chi connectivity index (χ0n) is 9.92. The quantitative estimate of drug-likeness (QED) is 0.667. The van der Waals surface area contributed by atoms with E-state index in [1.165, 1.54) is 0 Å². The van der Waals surface area contributed by atoms with Gasteiger partial charge in [0.25, 0.3) is 0 Å². The zero-order valence-corrected chi connectivity index (χ0v) is 11.5. The minimum Gasteiger partial charge on any atom is -0.492 e. The maximum Gasteiger partial charge on any atom is 0.120 e. The van der Waals surface area contributed by atoms with E-state index in [2.05, 4.69) is 21.4 Å². The van der Waals surface area contributed by atoms with Crippen LogP contribution in [0.25, 0.3) is 0 Å². The molecule has 0 aliphatic rings. The third kappa shape index (κ3) is 6.10. The smallest absolute Gasteiger partial charge is 0.120 e. The Morgan fingerprint density at radius 1 is 1.31 bits per heavy atom. The predicted molar refractivity (Wildman–Crippen MR) is 68.5 cm³/mol. The van der Waals surface area contributed by atoms with Crippen LogP contribution in [0.4, 0.5) is 0 Å². The highest BCUT2D eigenvalue weighted by atomic mass is 79.9. The molecule has 0 bridgehead atoms. The van der Waals surface area contributed by atoms with Crippen LogP contribution in [0, 0.1) is 0 Å². The number of rotatable bonds is 5. The standard InChI is InChI=1S/C12H18BrNO2/c1-12(2,3)16-14-7-8-15-11-6-4-5-10(13)9-11/h4-6,9,14H,7-8H2,1-3H3. The Morgan fingerprint density at radius 3 is 2.69 bits per heavy atom. The van der Waals surface area contributed by atoms with Crippen molar-refractivity contribution in [1.29, 1.82) is 0 Å². The SMILES string of the molecule is CC(C)(C)ONCCOc1cccc(Br)c1. The summed E-state index contributed by atoms with van der Waals surface area (Å²) in [6.07, 6.45) is 0. The summed E-state index contributed by atoms with van der Waals surface area (Å²) in [5, 5.41) is 0. The van der Waals surface area contributed by atoms with Crippen LogP contribution in [0.1, 0.15) is 20.8 Å². The molecule has 1 N–H and O–H groups in total. The molecule has 0 spiro atoms. The molecule has 1 aromatic carbocycles. The molecule has 0 aliphatic carbocycles. The van der Waals surface area contributed by atoms with Crippen molar-refractivity contribution in [2.75, 3.05) is 13.2 Å². The Balaban J connectivity index is 2.17. The molecule has 0 radical (unpaired) electrons. The van der Waals surface area contributed by atoms with Gasteiger partial charge in [-0.05, 0) is 39.0 Å². The van der Waals surface area contributed by atoms with Crippen LogP contribution in [-0.4, -0.2) is 18.8 Å². The van der Waals surface area contributed by atoms with E-state index in [4.69, 9.17) is 9.57 Å². The highest BCUT2D eigenvalue weighted by Gasteiger charge is 2.09. The third-order valence-corrected chi connectivity index (χ3v) is 2.14. The lowest BCUT2D eigenvalue weighted by molar-refractivity contribution is -0.0749. The van der Waals surface area contributed by atoms with Gasteiger partial charge in [-0.2, -0.15) is 5.48 Å². The summed E-state index contributed by atoms with van der Waals surface area (Å²) in [7, 11) is 0. The molecule has 0 atom stereocenters. The lowest BCUT2D eigenvalue weighted by atomic mass is 10.2. The van der Waals surface area contributed by atoms with Crippen molar-refractivity contribution >= 4 is 15.9 Å². The van der Waals surface area contributed by atoms with E-state index in [-0.39, 0.29) is 5.60 Å². The Morgan fingerprint density at radius 2 is 2.06 bits per heavy atom. The minimum atomic E-state index is -0.171. The van der Waals surface area contributed by atoms with Gasteiger partial charge in [0.05, 0.1) is 12.1 Å². The monoisotopic (exact) mass is 287 g/mol. The van der Waals surface area contributed by atoms with Crippen molar-refractivity contribution in [3.63, 3.8) is 0 Å². The molecule has 0 unspecified atom stereocenters. The van der Waals surface area contributed by atoms with E-state index >= 15 is 0 Å². The molecule has 0 saturated carbocycles. The van der Waals surface area contributed by atoms with Crippen LogP contribution >= 0.6 is 15.9 Å². The second-order valence-electron chi connectivity index (χ2n) is 4.41. The van der Waals surface area contributed by atoms with Crippen molar-refractivity contribution in [3.05, 3.63) is 28.7 Å². The molecule has 0 saturated heterocycles. The molecular formula is C12H18BrNO2. The lowest BCUT2D eigenvalue weighted by Gasteiger charge is -2.19. The van der Waals surface area contributed by atoms with E-state index in [0.29, 0.717) is 13.2 Å². The number of hydrogen-bond acceptors (Lipinski definition) is 3. The molecule has 0 fully saturated rings. The van der Waals surface area contributed by atoms with E-state index in [0.717, 1.165) is 10.2 Å². The normalized spacial score (nSPS) is 11.5. The van der Waals surface area contributed by atoms with Crippen LogP contribution in [0.3, 0.4) is 0 Å². The fraction of sp³-hybridized carbons (Fsp3) is 0.500. The number of nitrogens with one attached hydrogen (secondary N) is 1. The van der Waals surface area contributed by atoms with E-state index < -0.39 is 0 Å². The zero-order chi connectivity index (χ0) is 12.0. The summed E-state index contributed by atoms with van der Waals surface area (Å²) in [5.74, 6) is 0.854. The first-order valence-corrected chi connectivity index (χ1v) is 6.06. The van der Waals surface area contributed by atoms with E-state index in [1.807, 2.05) is 45.0 Å². The molecule has 0 heterocycles. The van der Waals surface area contributed by atoms with Crippen molar-refractivity contribution in [2.45, 2.75) is 26.4 Å². The Labute approximate surface area is 105 Å². The van der Waals surface area contributed by atoms with Gasteiger partial charge in [-0.25, -0.2) is 0 Å². The molecule has 1 aromatic rings. The second-order valence-corrected chi connectivity index (χ2v) is 5.33. The summed E-state index contributed by atoms with van der Waals surface area (Å²) < 4.78 is 6.55. The molecule has 0 amide bonds. The molecule has 0 aromatic heterocycles. The maximum atomic E-state index is 5.53. The van der Waals surface area contributed by atoms with Gasteiger partial charge >= 0.3 is 0 Å². The first-order valence-electron chi connectivity index (χ1n) is 5.26. The summed E-state index contributed by atoms with van der Waals surface area (Å²) in [4.78, 5) is 5.35. The Bertz CT molecular complexity index is 323. The average molecular weight is 288 g/mol. The Hall–Kier alpha value is -0.580. The van der Waals surface area contributed by atoms with Gasteiger partial charge in [0.1, 0.15) is 12.4 Å². The molecule has 4 heteroatoms. The van der Waals surface area contributed by atoms with Gasteiger partial charge in [-0.1, -0.05) is 22.0 Å². The van der Waals surface area contributed by atoms with Gasteiger partial charge < -0.3 is 4.74 Å². The van der Waals surface area contributed by atoms with E-state index in [1.54, 1.807) is 0 Å². The Kier molecular flexibility index (Phi) is 5.25. The molecule has 1 rings (SSSR count). The fourth-order valence-electron chi connectivity index (χ4n) is 1.03. The van der Waals surface area contributed by atoms with Crippen molar-refractivity contribution < 1.29 is 9.57 Å². The number of hydroxylamine groups is 1. The van der Waals surface area contributed by atoms with Crippen molar-refractivity contribution in [2.24, 2.45) is 0 Å². The summed E-state index contributed by atoms with van der Waals surface area (Å²) >= 11 is 3.39. The summed E-state index contributed by atoms with van der Waals surface area (Å²) in [6, 6.07) is 7.77. The van der Waals surface area contributed by atoms with E-state index in [9.17, 15) is 0 Å². The van der Waals surface area contributed by atoms with Crippen molar-refractivity contribution in [1.82, 2.24) is 5.48 Å². The van der Waals surface area contributed by atoms with Gasteiger partial charge in [0.15, 0.2) is 0 Å². The molecular weight excluding hydrogens is 270 g/mol. The summed E-state index contributed by atoms with van der Waals surface area (Å²) in [6.45, 7) is 7.22. The van der Waals surface area contributed by atoms with Gasteiger partial charge in [-0.3, -0.25) is 4.84 Å². The van der Waals surface area contributed by atoms with Crippen LogP contribution < -0.4 is 10.2 Å². The van der Waals surface area contributed by atoms with Crippen LogP contribution in [-0.2, 0) is 4.84 Å². The topological polar surface area (TPSA) is 30.5 Å². The van der Waals surface area contributed by atoms with Gasteiger partial charge in [0.2, 0.25) is 0 Å². The second kappa shape index (κ2) is 6.23. The highest BCUT2D eigenvalue weighted by molar-refractivity contribution is 9.10. The van der Waals surface area contributed by atoms with Crippen LogP contribution in [0.2, 0.25) is 0 Å². The average Bonchev–Trinajstić information content (AvgIpc) is 2.15.